The van der Waals surface area contributed by atoms with Crippen LogP contribution in [0.4, 0.5) is 0 Å². The Morgan fingerprint density at radius 3 is 2.30 bits per heavy atom. The SMILES string of the molecule is CSc1cccc(-c2ccc(-n3cc(CNO)nc3C)cc2)c1.Clc1ccccc1. The Kier molecular flexibility index (Phi) is 8.11. The molecular formula is C24H24ClN3OS. The van der Waals surface area contributed by atoms with Gasteiger partial charge in [0.05, 0.1) is 12.2 Å². The van der Waals surface area contributed by atoms with Crippen LogP contribution in [-0.2, 0) is 6.54 Å². The summed E-state index contributed by atoms with van der Waals surface area (Å²) >= 11 is 7.29. The van der Waals surface area contributed by atoms with Gasteiger partial charge in [0.1, 0.15) is 5.82 Å². The van der Waals surface area contributed by atoms with Crippen molar-refractivity contribution < 1.29 is 5.21 Å². The van der Waals surface area contributed by atoms with Gasteiger partial charge in [-0.15, -0.1) is 11.8 Å². The minimum absolute atomic E-state index is 0.341. The second-order valence-corrected chi connectivity index (χ2v) is 7.87. The summed E-state index contributed by atoms with van der Waals surface area (Å²) in [6, 6.07) is 26.4. The maximum atomic E-state index is 8.79. The minimum Gasteiger partial charge on any atom is -0.316 e. The number of benzene rings is 3. The van der Waals surface area contributed by atoms with Crippen LogP contribution in [0.15, 0.2) is 90.0 Å². The molecule has 0 saturated carbocycles. The average molecular weight is 438 g/mol. The summed E-state index contributed by atoms with van der Waals surface area (Å²) in [5, 5.41) is 9.59. The second kappa shape index (κ2) is 11.0. The third kappa shape index (κ3) is 5.97. The fraction of sp³-hybridized carbons (Fsp3) is 0.125. The van der Waals surface area contributed by atoms with Crippen LogP contribution in [-0.4, -0.2) is 21.0 Å². The minimum atomic E-state index is 0.341. The Labute approximate surface area is 186 Å². The number of aryl methyl sites for hydroxylation is 1. The molecule has 4 nitrogen and oxygen atoms in total. The normalized spacial score (nSPS) is 10.4. The average Bonchev–Trinajstić information content (AvgIpc) is 3.15. The molecule has 0 bridgehead atoms. The van der Waals surface area contributed by atoms with E-state index in [0.717, 1.165) is 22.2 Å². The Morgan fingerprint density at radius 2 is 1.70 bits per heavy atom. The molecule has 0 aliphatic carbocycles. The predicted octanol–water partition coefficient (Wildman–Crippen LogP) is 6.39. The summed E-state index contributed by atoms with van der Waals surface area (Å²) < 4.78 is 2.02. The molecular weight excluding hydrogens is 414 g/mol. The van der Waals surface area contributed by atoms with Crippen LogP contribution in [0.3, 0.4) is 0 Å². The standard InChI is InChI=1S/C18H19N3OS.C6H5Cl/c1-13-20-16(11-19-22)12-21(13)17-8-6-14(7-9-17)15-4-3-5-18(10-15)23-2;7-6-4-2-1-3-5-6/h3-10,12,19,22H,11H2,1-2H3;1-5H. The number of aromatic nitrogens is 2. The van der Waals surface area contributed by atoms with E-state index in [-0.39, 0.29) is 0 Å². The molecule has 0 amide bonds. The quantitative estimate of drug-likeness (QED) is 0.280. The van der Waals surface area contributed by atoms with Crippen LogP contribution in [0.2, 0.25) is 5.02 Å². The Morgan fingerprint density at radius 1 is 0.967 bits per heavy atom. The highest BCUT2D eigenvalue weighted by molar-refractivity contribution is 7.98. The van der Waals surface area contributed by atoms with Crippen LogP contribution in [0.25, 0.3) is 16.8 Å². The van der Waals surface area contributed by atoms with Crippen molar-refractivity contribution >= 4 is 23.4 Å². The first-order valence-corrected chi connectivity index (χ1v) is 11.1. The Balaban J connectivity index is 0.000000310. The molecule has 30 heavy (non-hydrogen) atoms. The first-order chi connectivity index (χ1) is 14.6. The number of thioether (sulfide) groups is 1. The number of hydrogen-bond donors (Lipinski definition) is 2. The Bertz CT molecular complexity index is 1070. The molecule has 1 aromatic heterocycles. The largest absolute Gasteiger partial charge is 0.316 e. The van der Waals surface area contributed by atoms with E-state index in [0.29, 0.717) is 6.54 Å². The molecule has 0 aliphatic rings. The molecule has 2 N–H and O–H groups in total. The molecule has 154 valence electrons. The molecule has 0 fully saturated rings. The van der Waals surface area contributed by atoms with E-state index in [1.54, 1.807) is 11.8 Å². The van der Waals surface area contributed by atoms with E-state index in [2.05, 4.69) is 65.3 Å². The lowest BCUT2D eigenvalue weighted by molar-refractivity contribution is 0.160. The number of halogens is 1. The van der Waals surface area contributed by atoms with E-state index >= 15 is 0 Å². The maximum absolute atomic E-state index is 8.79. The van der Waals surface area contributed by atoms with E-state index in [4.69, 9.17) is 16.8 Å². The van der Waals surface area contributed by atoms with Crippen LogP contribution < -0.4 is 5.48 Å². The van der Waals surface area contributed by atoms with Crippen molar-refractivity contribution in [3.63, 3.8) is 0 Å². The molecule has 0 radical (unpaired) electrons. The van der Waals surface area contributed by atoms with Gasteiger partial charge in [-0.2, -0.15) is 5.48 Å². The fourth-order valence-electron chi connectivity index (χ4n) is 2.99. The molecule has 4 aromatic rings. The smallest absolute Gasteiger partial charge is 0.110 e. The highest BCUT2D eigenvalue weighted by Crippen LogP contribution is 2.25. The molecule has 1 heterocycles. The summed E-state index contributed by atoms with van der Waals surface area (Å²) in [7, 11) is 0. The molecule has 0 spiro atoms. The number of hydrogen-bond acceptors (Lipinski definition) is 4. The van der Waals surface area contributed by atoms with Gasteiger partial charge >= 0.3 is 0 Å². The summed E-state index contributed by atoms with van der Waals surface area (Å²) in [5.74, 6) is 0.896. The summed E-state index contributed by atoms with van der Waals surface area (Å²) in [6.45, 7) is 2.30. The predicted molar refractivity (Wildman–Crippen MR) is 126 cm³/mol. The topological polar surface area (TPSA) is 50.1 Å². The third-order valence-electron chi connectivity index (χ3n) is 4.47. The van der Waals surface area contributed by atoms with Gasteiger partial charge in [-0.1, -0.05) is 54.1 Å². The molecule has 3 aromatic carbocycles. The van der Waals surface area contributed by atoms with Crippen LogP contribution in [0, 0.1) is 6.92 Å². The van der Waals surface area contributed by atoms with Crippen molar-refractivity contribution in [1.29, 1.82) is 0 Å². The third-order valence-corrected chi connectivity index (χ3v) is 5.45. The van der Waals surface area contributed by atoms with Crippen molar-refractivity contribution in [1.82, 2.24) is 15.0 Å². The summed E-state index contributed by atoms with van der Waals surface area (Å²) in [5.41, 5.74) is 6.42. The highest BCUT2D eigenvalue weighted by atomic mass is 35.5. The zero-order chi connectivity index (χ0) is 21.3. The number of rotatable bonds is 5. The lowest BCUT2D eigenvalue weighted by Gasteiger charge is -2.08. The highest BCUT2D eigenvalue weighted by Gasteiger charge is 2.06. The Hall–Kier alpha value is -2.57. The lowest BCUT2D eigenvalue weighted by atomic mass is 10.1. The zero-order valence-electron chi connectivity index (χ0n) is 16.9. The first-order valence-electron chi connectivity index (χ1n) is 9.48. The lowest BCUT2D eigenvalue weighted by Crippen LogP contribution is -2.06. The van der Waals surface area contributed by atoms with Crippen LogP contribution in [0.5, 0.6) is 0 Å². The molecule has 0 aliphatic heterocycles. The van der Waals surface area contributed by atoms with Gasteiger partial charge in [0.2, 0.25) is 0 Å². The maximum Gasteiger partial charge on any atom is 0.110 e. The number of imidazole rings is 1. The summed E-state index contributed by atoms with van der Waals surface area (Å²) in [6.07, 6.45) is 4.02. The number of hydroxylamine groups is 1. The monoisotopic (exact) mass is 437 g/mol. The van der Waals surface area contributed by atoms with Crippen molar-refractivity contribution in [2.75, 3.05) is 6.26 Å². The van der Waals surface area contributed by atoms with Gasteiger partial charge < -0.3 is 9.77 Å². The molecule has 0 unspecified atom stereocenters. The van der Waals surface area contributed by atoms with Gasteiger partial charge in [-0.25, -0.2) is 4.98 Å². The van der Waals surface area contributed by atoms with Gasteiger partial charge in [-0.05, 0) is 60.7 Å². The zero-order valence-corrected chi connectivity index (χ0v) is 18.5. The van der Waals surface area contributed by atoms with E-state index < -0.39 is 0 Å². The number of nitrogens with one attached hydrogen (secondary N) is 1. The van der Waals surface area contributed by atoms with E-state index in [9.17, 15) is 0 Å². The molecule has 4 rings (SSSR count). The van der Waals surface area contributed by atoms with Crippen molar-refractivity contribution in [2.45, 2.75) is 18.4 Å². The van der Waals surface area contributed by atoms with E-state index in [1.165, 1.54) is 16.0 Å². The van der Waals surface area contributed by atoms with Crippen molar-refractivity contribution in [3.8, 4) is 16.8 Å². The van der Waals surface area contributed by atoms with Gasteiger partial charge in [0, 0.05) is 21.8 Å². The number of nitrogens with zero attached hydrogens (tertiary/aromatic N) is 2. The molecule has 0 atom stereocenters. The van der Waals surface area contributed by atoms with Gasteiger partial charge in [-0.3, -0.25) is 0 Å². The van der Waals surface area contributed by atoms with Gasteiger partial charge in [0.15, 0.2) is 0 Å². The first kappa shape index (κ1) is 22.1. The molecule has 6 heteroatoms. The fourth-order valence-corrected chi connectivity index (χ4v) is 3.60. The van der Waals surface area contributed by atoms with Crippen LogP contribution in [0.1, 0.15) is 11.5 Å². The van der Waals surface area contributed by atoms with Crippen LogP contribution >= 0.6 is 23.4 Å². The summed E-state index contributed by atoms with van der Waals surface area (Å²) in [4.78, 5) is 5.68. The van der Waals surface area contributed by atoms with Crippen molar-refractivity contribution in [3.05, 3.63) is 102 Å². The van der Waals surface area contributed by atoms with Crippen molar-refractivity contribution in [2.24, 2.45) is 0 Å². The van der Waals surface area contributed by atoms with E-state index in [1.807, 2.05) is 48.0 Å². The molecule has 0 saturated heterocycles. The second-order valence-electron chi connectivity index (χ2n) is 6.56. The van der Waals surface area contributed by atoms with Gasteiger partial charge in [0.25, 0.3) is 0 Å².